The molecule has 3 heterocycles. The molecule has 7 fully saturated rings. The van der Waals surface area contributed by atoms with Gasteiger partial charge >= 0.3 is 11.9 Å². The van der Waals surface area contributed by atoms with Crippen LogP contribution in [0.25, 0.3) is 0 Å². The highest BCUT2D eigenvalue weighted by atomic mass is 16.7. The average molecular weight is 636 g/mol. The van der Waals surface area contributed by atoms with E-state index >= 15 is 0 Å². The molecule has 7 rings (SSSR count). The quantitative estimate of drug-likeness (QED) is 0.283. The van der Waals surface area contributed by atoms with E-state index in [1.54, 1.807) is 13.8 Å². The van der Waals surface area contributed by atoms with Crippen molar-refractivity contribution in [3.63, 3.8) is 0 Å². The smallest absolute Gasteiger partial charge is 0.309 e. The number of hydrogen-bond acceptors (Lipinski definition) is 11. The number of aliphatic hydroxyl groups is 5. The van der Waals surface area contributed by atoms with E-state index < -0.39 is 99.9 Å². The number of piperidine rings is 2. The van der Waals surface area contributed by atoms with Gasteiger partial charge in [-0.25, -0.2) is 0 Å². The molecule has 1 spiro atoms. The molecule has 0 aromatic carbocycles. The van der Waals surface area contributed by atoms with Gasteiger partial charge in [-0.15, -0.1) is 0 Å². The van der Waals surface area contributed by atoms with Gasteiger partial charge in [0.1, 0.15) is 17.8 Å². The number of ether oxygens (including phenoxy) is 3. The van der Waals surface area contributed by atoms with Gasteiger partial charge in [0.2, 0.25) is 0 Å². The summed E-state index contributed by atoms with van der Waals surface area (Å²) in [5.41, 5.74) is -5.23. The minimum atomic E-state index is -1.92. The van der Waals surface area contributed by atoms with Crippen molar-refractivity contribution >= 4 is 11.9 Å². The third kappa shape index (κ3) is 3.95. The molecule has 45 heavy (non-hydrogen) atoms. The zero-order chi connectivity index (χ0) is 32.6. The molecule has 0 amide bonds. The van der Waals surface area contributed by atoms with E-state index in [0.717, 1.165) is 19.4 Å². The minimum Gasteiger partial charge on any atom is -0.462 e. The van der Waals surface area contributed by atoms with E-state index in [9.17, 15) is 35.1 Å². The summed E-state index contributed by atoms with van der Waals surface area (Å²) in [7, 11) is 0. The lowest BCUT2D eigenvalue weighted by molar-refractivity contribution is -0.299. The van der Waals surface area contributed by atoms with Crippen molar-refractivity contribution in [2.24, 2.45) is 46.8 Å². The summed E-state index contributed by atoms with van der Waals surface area (Å²) in [5, 5.41) is 61.3. The second kappa shape index (κ2) is 10.1. The highest BCUT2D eigenvalue weighted by molar-refractivity contribution is 5.72. The topological polar surface area (TPSA) is 166 Å². The van der Waals surface area contributed by atoms with Gasteiger partial charge in [-0.05, 0) is 69.6 Å². The lowest BCUT2D eigenvalue weighted by Gasteiger charge is -2.64. The fourth-order valence-electron chi connectivity index (χ4n) is 12.2. The van der Waals surface area contributed by atoms with E-state index in [0.29, 0.717) is 31.7 Å². The molecule has 5 N–H and O–H groups in total. The van der Waals surface area contributed by atoms with Crippen LogP contribution < -0.4 is 0 Å². The highest BCUT2D eigenvalue weighted by Crippen LogP contribution is 2.77. The van der Waals surface area contributed by atoms with Crippen LogP contribution in [0.15, 0.2) is 0 Å². The maximum absolute atomic E-state index is 13.5. The first-order valence-electron chi connectivity index (χ1n) is 17.3. The molecule has 254 valence electrons. The predicted molar refractivity (Wildman–Crippen MR) is 159 cm³/mol. The second-order valence-electron chi connectivity index (χ2n) is 16.6. The number of nitrogens with zero attached hydrogens (tertiary/aromatic N) is 1. The van der Waals surface area contributed by atoms with E-state index in [4.69, 9.17) is 14.2 Å². The molecule has 0 aromatic rings. The van der Waals surface area contributed by atoms with E-state index in [-0.39, 0.29) is 18.9 Å². The summed E-state index contributed by atoms with van der Waals surface area (Å²) < 4.78 is 18.9. The van der Waals surface area contributed by atoms with Gasteiger partial charge in [0, 0.05) is 43.3 Å². The van der Waals surface area contributed by atoms with Gasteiger partial charge in [-0.1, -0.05) is 27.7 Å². The Hall–Kier alpha value is -1.34. The molecule has 4 saturated carbocycles. The van der Waals surface area contributed by atoms with Gasteiger partial charge in [0.15, 0.2) is 11.9 Å². The summed E-state index contributed by atoms with van der Waals surface area (Å²) in [6.45, 7) is 12.2. The Bertz CT molecular complexity index is 1250. The molecular formula is C34H53NO10. The molecule has 11 nitrogen and oxygen atoms in total. The standard InChI is InChI=1S/C34H53NO10/c1-7-17(3)29(39)44-28-26(38)25-19(15-35-14-16(2)8-9-23(35)31(25,6)40)20-13-32-27(33(20,28)41)21(43-18(4)36)12-22-30(32,5)11-10-24(37)34(22,42)45-32/h16-17,19-28,37-38,40-42H,7-15H2,1-6H3/t16-,17+,19-,20-,21+,22-,23-,24-,25+,26+,27+,28-,30-,31+,32+,33-,34+/m0/s1. The van der Waals surface area contributed by atoms with Crippen LogP contribution in [-0.4, -0.2) is 109 Å². The summed E-state index contributed by atoms with van der Waals surface area (Å²) in [6, 6.07) is -0.197. The monoisotopic (exact) mass is 635 g/mol. The summed E-state index contributed by atoms with van der Waals surface area (Å²) in [5.74, 6) is -6.38. The highest BCUT2D eigenvalue weighted by Gasteiger charge is 2.87. The molecule has 4 aliphatic carbocycles. The van der Waals surface area contributed by atoms with Crippen molar-refractivity contribution in [3.8, 4) is 0 Å². The molecule has 7 aliphatic rings. The Kier molecular flexibility index (Phi) is 7.22. The first kappa shape index (κ1) is 32.2. The van der Waals surface area contributed by atoms with E-state index in [1.165, 1.54) is 6.92 Å². The van der Waals surface area contributed by atoms with Crippen LogP contribution in [0.1, 0.15) is 86.5 Å². The maximum atomic E-state index is 13.5. The number of hydrogen-bond donors (Lipinski definition) is 5. The van der Waals surface area contributed by atoms with Crippen molar-refractivity contribution in [1.82, 2.24) is 4.90 Å². The first-order chi connectivity index (χ1) is 21.0. The van der Waals surface area contributed by atoms with Crippen LogP contribution in [0.2, 0.25) is 0 Å². The van der Waals surface area contributed by atoms with Gasteiger partial charge in [-0.2, -0.15) is 0 Å². The number of aliphatic hydroxyl groups excluding tert-OH is 2. The van der Waals surface area contributed by atoms with Gasteiger partial charge in [0.05, 0.1) is 29.1 Å². The number of esters is 2. The average Bonchev–Trinajstić information content (AvgIpc) is 3.24. The second-order valence-corrected chi connectivity index (χ2v) is 16.6. The zero-order valence-electron chi connectivity index (χ0n) is 27.5. The van der Waals surface area contributed by atoms with Gasteiger partial charge in [0.25, 0.3) is 0 Å². The van der Waals surface area contributed by atoms with Gasteiger partial charge < -0.3 is 39.7 Å². The van der Waals surface area contributed by atoms with Crippen molar-refractivity contribution in [1.29, 1.82) is 0 Å². The maximum Gasteiger partial charge on any atom is 0.309 e. The normalized spacial score (nSPS) is 57.2. The van der Waals surface area contributed by atoms with Crippen LogP contribution in [0.3, 0.4) is 0 Å². The molecule has 0 unspecified atom stereocenters. The summed E-state index contributed by atoms with van der Waals surface area (Å²) in [4.78, 5) is 28.4. The molecule has 3 aliphatic heterocycles. The Morgan fingerprint density at radius 1 is 1.07 bits per heavy atom. The Labute approximate surface area is 265 Å². The first-order valence-corrected chi connectivity index (χ1v) is 17.3. The fraction of sp³-hybridized carbons (Fsp3) is 0.941. The van der Waals surface area contributed by atoms with Gasteiger partial charge in [-0.3, -0.25) is 14.5 Å². The molecule has 0 radical (unpaired) electrons. The molecule has 17 atom stereocenters. The van der Waals surface area contributed by atoms with Crippen molar-refractivity contribution in [2.75, 3.05) is 13.1 Å². The Morgan fingerprint density at radius 3 is 2.44 bits per heavy atom. The largest absolute Gasteiger partial charge is 0.462 e. The van der Waals surface area contributed by atoms with E-state index in [1.807, 2.05) is 13.8 Å². The lowest BCUT2D eigenvalue weighted by Crippen LogP contribution is -2.77. The molecule has 11 heteroatoms. The third-order valence-electron chi connectivity index (χ3n) is 14.4. The summed E-state index contributed by atoms with van der Waals surface area (Å²) in [6.07, 6.45) is -1.49. The molecule has 4 bridgehead atoms. The summed E-state index contributed by atoms with van der Waals surface area (Å²) >= 11 is 0. The fourth-order valence-corrected chi connectivity index (χ4v) is 12.2. The van der Waals surface area contributed by atoms with Crippen LogP contribution >= 0.6 is 0 Å². The van der Waals surface area contributed by atoms with E-state index in [2.05, 4.69) is 11.8 Å². The van der Waals surface area contributed by atoms with Crippen LogP contribution in [-0.2, 0) is 23.8 Å². The number of carbonyl (C=O) groups excluding carboxylic acids is 2. The van der Waals surface area contributed by atoms with Crippen LogP contribution in [0, 0.1) is 46.8 Å². The van der Waals surface area contributed by atoms with Crippen molar-refractivity contribution in [2.45, 2.75) is 140 Å². The molecule has 3 saturated heterocycles. The van der Waals surface area contributed by atoms with Crippen LogP contribution in [0.4, 0.5) is 0 Å². The minimum absolute atomic E-state index is 0.144. The van der Waals surface area contributed by atoms with Crippen molar-refractivity contribution in [3.05, 3.63) is 0 Å². The molecule has 0 aromatic heterocycles. The number of carbonyl (C=O) groups is 2. The predicted octanol–water partition coefficient (Wildman–Crippen LogP) is 1.35. The Morgan fingerprint density at radius 2 is 1.78 bits per heavy atom. The van der Waals surface area contributed by atoms with Crippen LogP contribution in [0.5, 0.6) is 0 Å². The van der Waals surface area contributed by atoms with Crippen molar-refractivity contribution < 1.29 is 49.3 Å². The number of rotatable bonds is 4. The molecular weight excluding hydrogens is 582 g/mol. The lowest BCUT2D eigenvalue weighted by atomic mass is 9.49. The Balaban J connectivity index is 1.42. The third-order valence-corrected chi connectivity index (χ3v) is 14.4. The zero-order valence-corrected chi connectivity index (χ0v) is 27.5. The SMILES string of the molecule is CC[C@@H](C)C(=O)O[C@H]1[C@H](O)[C@H]2[C@@H](CN3C[C@@H](C)CC[C@H]3[C@@]2(C)O)[C@@H]2C[C@@]34O[C@]5(O)[C@@H](C[C@@H](OC(C)=O)[C@H]3[C@@]21O)[C@]4(C)CC[C@@H]5O. The number of fused-ring (bicyclic) bond motifs is 5.